The molecule has 24 heavy (non-hydrogen) atoms. The van der Waals surface area contributed by atoms with E-state index in [1.807, 2.05) is 50.4 Å². The lowest BCUT2D eigenvalue weighted by molar-refractivity contribution is -0.885. The zero-order valence-corrected chi connectivity index (χ0v) is 15.6. The molecule has 1 atom stereocenters. The van der Waals surface area contributed by atoms with Crippen LogP contribution in [0.4, 0.5) is 5.69 Å². The van der Waals surface area contributed by atoms with Gasteiger partial charge in [0.2, 0.25) is 0 Å². The van der Waals surface area contributed by atoms with Crippen LogP contribution in [0.3, 0.4) is 0 Å². The van der Waals surface area contributed by atoms with Crippen LogP contribution in [0.5, 0.6) is 0 Å². The number of quaternary nitrogens is 1. The molecular weight excluding hydrogens is 320 g/mol. The summed E-state index contributed by atoms with van der Waals surface area (Å²) >= 11 is 6.20. The first-order valence-electron chi connectivity index (χ1n) is 8.32. The summed E-state index contributed by atoms with van der Waals surface area (Å²) in [6, 6.07) is 13.9. The van der Waals surface area contributed by atoms with Gasteiger partial charge >= 0.3 is 0 Å². The summed E-state index contributed by atoms with van der Waals surface area (Å²) < 4.78 is 0. The molecule has 0 radical (unpaired) electrons. The lowest BCUT2D eigenvalue weighted by Crippen LogP contribution is -3.08. The number of benzene rings is 2. The van der Waals surface area contributed by atoms with Crippen molar-refractivity contribution in [2.45, 2.75) is 33.2 Å². The third-order valence-electron chi connectivity index (χ3n) is 4.10. The van der Waals surface area contributed by atoms with Gasteiger partial charge in [0.15, 0.2) is 6.54 Å². The monoisotopic (exact) mass is 345 g/mol. The molecule has 2 rings (SSSR count). The first-order chi connectivity index (χ1) is 11.4. The summed E-state index contributed by atoms with van der Waals surface area (Å²) in [5.74, 6) is 0.393. The van der Waals surface area contributed by atoms with Crippen molar-refractivity contribution in [3.05, 3.63) is 64.2 Å². The molecule has 0 aliphatic carbocycles. The Morgan fingerprint density at radius 2 is 1.88 bits per heavy atom. The Bertz CT molecular complexity index is 713. The van der Waals surface area contributed by atoms with Gasteiger partial charge in [-0.2, -0.15) is 0 Å². The standard InChI is InChI=1S/C20H25ClN2O/c1-14(2)17-10-7-8-15(3)20(17)22-19(24)13-23(4)12-16-9-5-6-11-18(16)21/h5-11,14H,12-13H2,1-4H3,(H,22,24)/p+1. The van der Waals surface area contributed by atoms with Gasteiger partial charge in [-0.1, -0.05) is 61.8 Å². The number of para-hydroxylation sites is 1. The molecule has 2 N–H and O–H groups in total. The van der Waals surface area contributed by atoms with Crippen LogP contribution in [0.1, 0.15) is 36.5 Å². The Morgan fingerprint density at radius 3 is 2.54 bits per heavy atom. The minimum absolute atomic E-state index is 0.0238. The van der Waals surface area contributed by atoms with Crippen molar-refractivity contribution >= 4 is 23.2 Å². The van der Waals surface area contributed by atoms with E-state index in [2.05, 4.69) is 25.2 Å². The molecule has 0 heterocycles. The lowest BCUT2D eigenvalue weighted by Gasteiger charge is -2.18. The number of aryl methyl sites for hydroxylation is 1. The molecule has 3 nitrogen and oxygen atoms in total. The maximum atomic E-state index is 12.5. The van der Waals surface area contributed by atoms with Crippen molar-refractivity contribution in [3.8, 4) is 0 Å². The highest BCUT2D eigenvalue weighted by Crippen LogP contribution is 2.27. The molecule has 0 spiro atoms. The van der Waals surface area contributed by atoms with E-state index in [0.29, 0.717) is 12.5 Å². The number of likely N-dealkylation sites (N-methyl/N-ethyl adjacent to an activating group) is 1. The summed E-state index contributed by atoms with van der Waals surface area (Å²) in [6.07, 6.45) is 0. The highest BCUT2D eigenvalue weighted by molar-refractivity contribution is 6.31. The van der Waals surface area contributed by atoms with Crippen LogP contribution in [0.25, 0.3) is 0 Å². The number of amides is 1. The second-order valence-electron chi connectivity index (χ2n) is 6.64. The number of carbonyl (C=O) groups is 1. The molecule has 1 unspecified atom stereocenters. The summed E-state index contributed by atoms with van der Waals surface area (Å²) in [5, 5.41) is 3.85. The molecule has 2 aromatic carbocycles. The number of rotatable bonds is 6. The first-order valence-corrected chi connectivity index (χ1v) is 8.70. The third kappa shape index (κ3) is 4.83. The smallest absolute Gasteiger partial charge is 0.279 e. The largest absolute Gasteiger partial charge is 0.326 e. The molecule has 0 aliphatic rings. The fourth-order valence-electron chi connectivity index (χ4n) is 2.83. The van der Waals surface area contributed by atoms with Crippen molar-refractivity contribution in [2.75, 3.05) is 18.9 Å². The predicted molar refractivity (Wildman–Crippen MR) is 101 cm³/mol. The maximum Gasteiger partial charge on any atom is 0.279 e. The van der Waals surface area contributed by atoms with Gasteiger partial charge < -0.3 is 10.2 Å². The molecule has 4 heteroatoms. The molecule has 1 amide bonds. The van der Waals surface area contributed by atoms with Crippen molar-refractivity contribution in [3.63, 3.8) is 0 Å². The minimum Gasteiger partial charge on any atom is -0.326 e. The average Bonchev–Trinajstić information content (AvgIpc) is 2.51. The molecular formula is C20H26ClN2O+. The average molecular weight is 346 g/mol. The van der Waals surface area contributed by atoms with Gasteiger partial charge in [-0.05, 0) is 30.0 Å². The molecule has 128 valence electrons. The van der Waals surface area contributed by atoms with Gasteiger partial charge in [0.1, 0.15) is 6.54 Å². The normalized spacial score (nSPS) is 12.2. The van der Waals surface area contributed by atoms with E-state index >= 15 is 0 Å². The Kier molecular flexibility index (Phi) is 6.41. The fourth-order valence-corrected chi connectivity index (χ4v) is 3.03. The maximum absolute atomic E-state index is 12.5. The van der Waals surface area contributed by atoms with E-state index in [1.165, 1.54) is 5.56 Å². The summed E-state index contributed by atoms with van der Waals surface area (Å²) in [6.45, 7) is 7.43. The Hall–Kier alpha value is -1.84. The number of carbonyl (C=O) groups excluding carboxylic acids is 1. The number of hydrogen-bond acceptors (Lipinski definition) is 1. The van der Waals surface area contributed by atoms with Crippen LogP contribution in [0, 0.1) is 6.92 Å². The molecule has 0 aromatic heterocycles. The van der Waals surface area contributed by atoms with Crippen LogP contribution in [0.15, 0.2) is 42.5 Å². The van der Waals surface area contributed by atoms with Crippen molar-refractivity contribution in [1.29, 1.82) is 0 Å². The Balaban J connectivity index is 2.02. The van der Waals surface area contributed by atoms with Crippen LogP contribution in [-0.4, -0.2) is 19.5 Å². The molecule has 0 saturated heterocycles. The second kappa shape index (κ2) is 8.32. The summed E-state index contributed by atoms with van der Waals surface area (Å²) in [4.78, 5) is 13.6. The van der Waals surface area contributed by atoms with Gasteiger partial charge in [-0.15, -0.1) is 0 Å². The Labute approximate surface area is 149 Å². The van der Waals surface area contributed by atoms with Crippen molar-refractivity contribution in [2.24, 2.45) is 0 Å². The SMILES string of the molecule is Cc1cccc(C(C)C)c1NC(=O)C[NH+](C)Cc1ccccc1Cl. The molecule has 0 saturated carbocycles. The highest BCUT2D eigenvalue weighted by Gasteiger charge is 2.16. The summed E-state index contributed by atoms with van der Waals surface area (Å²) in [7, 11) is 2.00. The molecule has 0 bridgehead atoms. The zero-order chi connectivity index (χ0) is 17.7. The predicted octanol–water partition coefficient (Wildman–Crippen LogP) is 3.43. The van der Waals surface area contributed by atoms with E-state index in [4.69, 9.17) is 11.6 Å². The number of nitrogens with one attached hydrogen (secondary N) is 2. The van der Waals surface area contributed by atoms with Gasteiger partial charge in [0.05, 0.1) is 7.05 Å². The van der Waals surface area contributed by atoms with Gasteiger partial charge in [0, 0.05) is 16.3 Å². The molecule has 2 aromatic rings. The lowest BCUT2D eigenvalue weighted by atomic mass is 9.98. The van der Waals surface area contributed by atoms with E-state index in [1.54, 1.807) is 0 Å². The Morgan fingerprint density at radius 1 is 1.17 bits per heavy atom. The van der Waals surface area contributed by atoms with E-state index < -0.39 is 0 Å². The van der Waals surface area contributed by atoms with Crippen LogP contribution in [-0.2, 0) is 11.3 Å². The molecule has 0 aliphatic heterocycles. The minimum atomic E-state index is 0.0238. The van der Waals surface area contributed by atoms with Crippen LogP contribution in [0.2, 0.25) is 5.02 Å². The number of halogens is 1. The quantitative estimate of drug-likeness (QED) is 0.826. The van der Waals surface area contributed by atoms with E-state index in [0.717, 1.165) is 33.3 Å². The zero-order valence-electron chi connectivity index (χ0n) is 14.8. The molecule has 0 fully saturated rings. The number of anilines is 1. The first kappa shape index (κ1) is 18.5. The second-order valence-corrected chi connectivity index (χ2v) is 7.05. The van der Waals surface area contributed by atoms with Crippen molar-refractivity contribution in [1.82, 2.24) is 0 Å². The summed E-state index contributed by atoms with van der Waals surface area (Å²) in [5.41, 5.74) is 4.27. The van der Waals surface area contributed by atoms with Crippen LogP contribution < -0.4 is 10.2 Å². The van der Waals surface area contributed by atoms with E-state index in [-0.39, 0.29) is 5.91 Å². The topological polar surface area (TPSA) is 33.5 Å². The highest BCUT2D eigenvalue weighted by atomic mass is 35.5. The third-order valence-corrected chi connectivity index (χ3v) is 4.47. The van der Waals surface area contributed by atoms with Gasteiger partial charge in [0.25, 0.3) is 5.91 Å². The number of hydrogen-bond donors (Lipinski definition) is 2. The van der Waals surface area contributed by atoms with Gasteiger partial charge in [-0.3, -0.25) is 4.79 Å². The van der Waals surface area contributed by atoms with Gasteiger partial charge in [-0.25, -0.2) is 0 Å². The fraction of sp³-hybridized carbons (Fsp3) is 0.350. The van der Waals surface area contributed by atoms with Crippen molar-refractivity contribution < 1.29 is 9.69 Å². The van der Waals surface area contributed by atoms with E-state index in [9.17, 15) is 4.79 Å². The van der Waals surface area contributed by atoms with Crippen LogP contribution >= 0.6 is 11.6 Å².